The number of aliphatic carboxylic acids is 1. The average Bonchev–Trinajstić information content (AvgIpc) is 2.74. The Morgan fingerprint density at radius 1 is 1.29 bits per heavy atom. The number of amidine groups is 1. The number of hydrogen-bond acceptors (Lipinski definition) is 12. The standard InChI is InChI=1S/C16H19N7O7S/c1-29-15(27)18-9-3-7-5-23-12(17-8(7)4-10(9)24)19-14(31-6-11(25)26)20-13(23)21-22-16(28)30-2/h3-4,13,21,24H,5-6H2,1-2H3,(H,18,27)(H,22,28)(H,25,26)(H,17,19,20). The molecule has 1 unspecified atom stereocenters. The van der Waals surface area contributed by atoms with Crippen molar-refractivity contribution in [2.45, 2.75) is 12.8 Å². The molecule has 2 aliphatic rings. The van der Waals surface area contributed by atoms with Gasteiger partial charge in [-0.2, -0.15) is 10.4 Å². The number of anilines is 2. The fourth-order valence-corrected chi connectivity index (χ4v) is 3.24. The van der Waals surface area contributed by atoms with Gasteiger partial charge in [0.15, 0.2) is 11.5 Å². The number of amides is 2. The zero-order chi connectivity index (χ0) is 22.5. The number of phenols is 1. The maximum absolute atomic E-state index is 11.5. The summed E-state index contributed by atoms with van der Waals surface area (Å²) in [6.45, 7) is 0.220. The van der Waals surface area contributed by atoms with Crippen LogP contribution in [0, 0.1) is 0 Å². The van der Waals surface area contributed by atoms with Gasteiger partial charge in [-0.1, -0.05) is 11.8 Å². The Morgan fingerprint density at radius 2 is 2.03 bits per heavy atom. The number of ether oxygens (including phenoxy) is 2. The van der Waals surface area contributed by atoms with E-state index >= 15 is 0 Å². The molecule has 6 N–H and O–H groups in total. The number of phenolic OH excluding ortho intramolecular Hbond substituents is 1. The van der Waals surface area contributed by atoms with E-state index in [1.165, 1.54) is 20.3 Å². The fraction of sp³-hybridized carbons (Fsp3) is 0.312. The molecule has 2 aliphatic heterocycles. The number of nitrogens with one attached hydrogen (secondary N) is 4. The summed E-state index contributed by atoms with van der Waals surface area (Å²) in [6, 6.07) is 2.96. The van der Waals surface area contributed by atoms with Crippen LogP contribution in [0.5, 0.6) is 5.75 Å². The number of carbonyl (C=O) groups is 3. The van der Waals surface area contributed by atoms with Crippen molar-refractivity contribution in [1.82, 2.24) is 15.8 Å². The second-order valence-corrected chi connectivity index (χ2v) is 7.00. The van der Waals surface area contributed by atoms with E-state index in [1.54, 1.807) is 11.0 Å². The lowest BCUT2D eigenvalue weighted by atomic mass is 10.1. The average molecular weight is 453 g/mol. The van der Waals surface area contributed by atoms with E-state index in [0.29, 0.717) is 17.2 Å². The molecule has 1 atom stereocenters. The Hall–Kier alpha value is -3.72. The second-order valence-electron chi connectivity index (χ2n) is 6.06. The van der Waals surface area contributed by atoms with E-state index in [1.807, 2.05) is 0 Å². The van der Waals surface area contributed by atoms with Crippen molar-refractivity contribution in [3.8, 4) is 5.75 Å². The third-order valence-corrected chi connectivity index (χ3v) is 4.89. The van der Waals surface area contributed by atoms with Gasteiger partial charge in [0, 0.05) is 11.8 Å². The van der Waals surface area contributed by atoms with E-state index in [0.717, 1.165) is 11.8 Å². The first kappa shape index (κ1) is 22.0. The Kier molecular flexibility index (Phi) is 6.66. The largest absolute Gasteiger partial charge is 0.506 e. The molecular formula is C16H19N7O7S. The van der Waals surface area contributed by atoms with Gasteiger partial charge in [-0.05, 0) is 11.6 Å². The molecule has 1 aromatic rings. The lowest BCUT2D eigenvalue weighted by Crippen LogP contribution is -2.58. The van der Waals surface area contributed by atoms with Crippen LogP contribution in [0.3, 0.4) is 0 Å². The van der Waals surface area contributed by atoms with E-state index in [-0.39, 0.29) is 28.9 Å². The van der Waals surface area contributed by atoms with Gasteiger partial charge in [0.1, 0.15) is 5.75 Å². The van der Waals surface area contributed by atoms with Crippen molar-refractivity contribution in [2.75, 3.05) is 30.6 Å². The van der Waals surface area contributed by atoms with Gasteiger partial charge in [0.25, 0.3) is 0 Å². The van der Waals surface area contributed by atoms with E-state index in [2.05, 4.69) is 40.9 Å². The molecule has 3 rings (SSSR count). The number of carboxylic acids is 1. The van der Waals surface area contributed by atoms with Crippen LogP contribution in [-0.2, 0) is 20.8 Å². The molecule has 1 aromatic carbocycles. The van der Waals surface area contributed by atoms with Gasteiger partial charge in [-0.3, -0.25) is 15.5 Å². The molecule has 0 bridgehead atoms. The molecule has 0 fully saturated rings. The number of methoxy groups -OCH3 is 2. The summed E-state index contributed by atoms with van der Waals surface area (Å²) in [4.78, 5) is 44.1. The molecule has 2 heterocycles. The number of guanidine groups is 1. The minimum Gasteiger partial charge on any atom is -0.506 e. The molecule has 0 aliphatic carbocycles. The van der Waals surface area contributed by atoms with Crippen molar-refractivity contribution < 1.29 is 34.1 Å². The molecule has 166 valence electrons. The predicted molar refractivity (Wildman–Crippen MR) is 111 cm³/mol. The van der Waals surface area contributed by atoms with E-state index in [9.17, 15) is 19.5 Å². The van der Waals surface area contributed by atoms with Crippen LogP contribution in [0.4, 0.5) is 21.0 Å². The van der Waals surface area contributed by atoms with Crippen LogP contribution in [0.25, 0.3) is 0 Å². The highest BCUT2D eigenvalue weighted by atomic mass is 32.2. The van der Waals surface area contributed by atoms with Gasteiger partial charge < -0.3 is 29.9 Å². The van der Waals surface area contributed by atoms with E-state index < -0.39 is 24.4 Å². The zero-order valence-corrected chi connectivity index (χ0v) is 17.1. The lowest BCUT2D eigenvalue weighted by molar-refractivity contribution is -0.133. The van der Waals surface area contributed by atoms with Crippen LogP contribution in [-0.4, -0.2) is 70.7 Å². The number of aliphatic imine (C=N–C) groups is 2. The van der Waals surface area contributed by atoms with Crippen molar-refractivity contribution >= 4 is 52.4 Å². The monoisotopic (exact) mass is 453 g/mol. The van der Waals surface area contributed by atoms with Crippen molar-refractivity contribution in [2.24, 2.45) is 9.98 Å². The molecule has 15 heteroatoms. The summed E-state index contributed by atoms with van der Waals surface area (Å²) < 4.78 is 9.07. The first-order chi connectivity index (χ1) is 14.8. The number of hydrazine groups is 1. The Labute approximate surface area is 179 Å². The normalized spacial score (nSPS) is 16.6. The lowest BCUT2D eigenvalue weighted by Gasteiger charge is -2.38. The maximum Gasteiger partial charge on any atom is 0.421 e. The second kappa shape index (κ2) is 9.40. The Balaban J connectivity index is 1.88. The van der Waals surface area contributed by atoms with Crippen molar-refractivity contribution in [3.05, 3.63) is 17.7 Å². The summed E-state index contributed by atoms with van der Waals surface area (Å²) in [7, 11) is 2.40. The third kappa shape index (κ3) is 5.26. The highest BCUT2D eigenvalue weighted by Crippen LogP contribution is 2.35. The molecule has 0 aromatic heterocycles. The smallest absolute Gasteiger partial charge is 0.421 e. The topological polar surface area (TPSA) is 186 Å². The highest BCUT2D eigenvalue weighted by molar-refractivity contribution is 8.14. The minimum absolute atomic E-state index is 0.142. The number of rotatable bonds is 5. The van der Waals surface area contributed by atoms with Crippen LogP contribution < -0.4 is 21.5 Å². The summed E-state index contributed by atoms with van der Waals surface area (Å²) >= 11 is 0.903. The van der Waals surface area contributed by atoms with Crippen LogP contribution >= 0.6 is 11.8 Å². The van der Waals surface area contributed by atoms with Crippen molar-refractivity contribution in [3.63, 3.8) is 0 Å². The van der Waals surface area contributed by atoms with Gasteiger partial charge in [-0.15, -0.1) is 0 Å². The molecule has 0 saturated heterocycles. The number of nitrogens with zero attached hydrogens (tertiary/aromatic N) is 3. The fourth-order valence-electron chi connectivity index (χ4n) is 2.66. The summed E-state index contributed by atoms with van der Waals surface area (Å²) in [6.07, 6.45) is -2.35. The number of hydrogen-bond donors (Lipinski definition) is 6. The first-order valence-corrected chi connectivity index (χ1v) is 9.64. The number of thioether (sulfide) groups is 1. The summed E-state index contributed by atoms with van der Waals surface area (Å²) in [5.74, 6) is -1.18. The molecule has 0 radical (unpaired) electrons. The maximum atomic E-state index is 11.5. The summed E-state index contributed by atoms with van der Waals surface area (Å²) in [5, 5.41) is 24.7. The molecule has 0 spiro atoms. The molecule has 14 nitrogen and oxygen atoms in total. The van der Waals surface area contributed by atoms with Crippen LogP contribution in [0.15, 0.2) is 22.1 Å². The Morgan fingerprint density at radius 3 is 2.71 bits per heavy atom. The highest BCUT2D eigenvalue weighted by Gasteiger charge is 2.32. The number of fused-ring (bicyclic) bond motifs is 2. The van der Waals surface area contributed by atoms with Gasteiger partial charge in [0.2, 0.25) is 5.96 Å². The van der Waals surface area contributed by atoms with Gasteiger partial charge >= 0.3 is 18.2 Å². The first-order valence-electron chi connectivity index (χ1n) is 8.65. The SMILES string of the molecule is COC(=O)NNC1N=C(SCC(=O)O)N=C2Nc3cc(O)c(NC(=O)OC)cc3CN21. The number of benzene rings is 1. The van der Waals surface area contributed by atoms with Crippen LogP contribution in [0.1, 0.15) is 5.56 Å². The van der Waals surface area contributed by atoms with Gasteiger partial charge in [-0.25, -0.2) is 14.6 Å². The Bertz CT molecular complexity index is 968. The predicted octanol–water partition coefficient (Wildman–Crippen LogP) is 0.486. The quantitative estimate of drug-likeness (QED) is 0.269. The summed E-state index contributed by atoms with van der Waals surface area (Å²) in [5.41, 5.74) is 6.33. The zero-order valence-electron chi connectivity index (χ0n) is 16.3. The number of carboxylic acid groups (broad SMARTS) is 1. The van der Waals surface area contributed by atoms with E-state index in [4.69, 9.17) is 5.11 Å². The number of carbonyl (C=O) groups excluding carboxylic acids is 2. The van der Waals surface area contributed by atoms with Crippen molar-refractivity contribution in [1.29, 1.82) is 0 Å². The van der Waals surface area contributed by atoms with Gasteiger partial charge in [0.05, 0.1) is 32.2 Å². The molecule has 0 saturated carbocycles. The molecule has 2 amide bonds. The molecule has 31 heavy (non-hydrogen) atoms. The third-order valence-electron chi connectivity index (χ3n) is 4.05. The molecular weight excluding hydrogens is 434 g/mol. The minimum atomic E-state index is -1.04. The number of aromatic hydroxyl groups is 1. The van der Waals surface area contributed by atoms with Crippen LogP contribution in [0.2, 0.25) is 0 Å².